The first-order chi connectivity index (χ1) is 7.62. The van der Waals surface area contributed by atoms with Gasteiger partial charge < -0.3 is 15.3 Å². The van der Waals surface area contributed by atoms with Crippen LogP contribution in [0.3, 0.4) is 0 Å². The van der Waals surface area contributed by atoms with Crippen LogP contribution in [-0.4, -0.2) is 52.2 Å². The highest BCUT2D eigenvalue weighted by molar-refractivity contribution is 7.85. The van der Waals surface area contributed by atoms with Gasteiger partial charge in [0.15, 0.2) is 0 Å². The first-order valence-electron chi connectivity index (χ1n) is 4.62. The lowest BCUT2D eigenvalue weighted by Gasteiger charge is -2.10. The zero-order valence-electron chi connectivity index (χ0n) is 11.0. The van der Waals surface area contributed by atoms with Gasteiger partial charge in [0.1, 0.15) is 11.2 Å². The van der Waals surface area contributed by atoms with Crippen molar-refractivity contribution in [2.75, 3.05) is 6.26 Å². The van der Waals surface area contributed by atoms with Gasteiger partial charge in [0.25, 0.3) is 16.6 Å². The summed E-state index contributed by atoms with van der Waals surface area (Å²) in [6.07, 6.45) is 0.715. The molecule has 18 heavy (non-hydrogen) atoms. The standard InChI is InChI=1S/C8H14O2.CH4O3S.CH2O2/c1-7(2,9)5-6-8(3,4)10;1-5(2,3)4;2-1-3/h9-10H,1-4H3;1H3,(H,2,3,4);1H,(H,2,3). The van der Waals surface area contributed by atoms with Crippen molar-refractivity contribution >= 4 is 16.6 Å². The van der Waals surface area contributed by atoms with Crippen LogP contribution in [0.2, 0.25) is 0 Å². The van der Waals surface area contributed by atoms with E-state index < -0.39 is 21.3 Å². The van der Waals surface area contributed by atoms with Gasteiger partial charge in [-0.05, 0) is 27.7 Å². The number of carbonyl (C=O) groups is 1. The maximum atomic E-state index is 9.19. The molecular formula is C10H20O7S. The van der Waals surface area contributed by atoms with E-state index in [1.54, 1.807) is 27.7 Å². The molecule has 4 N–H and O–H groups in total. The summed E-state index contributed by atoms with van der Waals surface area (Å²) < 4.78 is 25.9. The summed E-state index contributed by atoms with van der Waals surface area (Å²) in [5.74, 6) is 5.03. The van der Waals surface area contributed by atoms with E-state index >= 15 is 0 Å². The number of carboxylic acid groups (broad SMARTS) is 1. The molecule has 0 saturated heterocycles. The normalized spacial score (nSPS) is 10.7. The van der Waals surface area contributed by atoms with Crippen LogP contribution < -0.4 is 0 Å². The molecule has 0 unspecified atom stereocenters. The summed E-state index contributed by atoms with van der Waals surface area (Å²) in [7, 11) is -3.67. The molecule has 0 aliphatic heterocycles. The number of hydrogen-bond donors (Lipinski definition) is 4. The molecule has 0 spiro atoms. The van der Waals surface area contributed by atoms with Gasteiger partial charge in [-0.1, -0.05) is 11.8 Å². The molecule has 0 aliphatic rings. The van der Waals surface area contributed by atoms with Crippen LogP contribution in [0.1, 0.15) is 27.7 Å². The first-order valence-corrected chi connectivity index (χ1v) is 6.46. The van der Waals surface area contributed by atoms with E-state index in [1.165, 1.54) is 0 Å². The molecule has 0 aliphatic carbocycles. The molecule has 0 aromatic rings. The van der Waals surface area contributed by atoms with E-state index in [2.05, 4.69) is 11.8 Å². The van der Waals surface area contributed by atoms with Crippen molar-refractivity contribution in [3.05, 3.63) is 0 Å². The number of rotatable bonds is 0. The zero-order valence-corrected chi connectivity index (χ0v) is 11.8. The highest BCUT2D eigenvalue weighted by Crippen LogP contribution is 2.01. The van der Waals surface area contributed by atoms with E-state index in [0.717, 1.165) is 0 Å². The van der Waals surface area contributed by atoms with Crippen molar-refractivity contribution in [2.45, 2.75) is 38.9 Å². The second kappa shape index (κ2) is 8.88. The maximum Gasteiger partial charge on any atom is 0.290 e. The molecule has 0 rings (SSSR count). The zero-order chi connectivity index (χ0) is 15.6. The molecule has 0 atom stereocenters. The Labute approximate surface area is 107 Å². The second-order valence-electron chi connectivity index (χ2n) is 4.21. The summed E-state index contributed by atoms with van der Waals surface area (Å²) in [4.78, 5) is 8.36. The van der Waals surface area contributed by atoms with Crippen molar-refractivity contribution < 1.29 is 33.1 Å². The Morgan fingerprint density at radius 1 is 1.00 bits per heavy atom. The lowest BCUT2D eigenvalue weighted by Crippen LogP contribution is -2.20. The smallest absolute Gasteiger partial charge is 0.290 e. The molecule has 7 nitrogen and oxygen atoms in total. The average molecular weight is 284 g/mol. The van der Waals surface area contributed by atoms with Crippen LogP contribution in [0.25, 0.3) is 0 Å². The third kappa shape index (κ3) is 83.1. The first kappa shape index (κ1) is 22.1. The Bertz CT molecular complexity index is 347. The predicted octanol–water partition coefficient (Wildman–Crippen LogP) is -0.264. The summed E-state index contributed by atoms with van der Waals surface area (Å²) in [5, 5.41) is 25.1. The molecule has 108 valence electrons. The van der Waals surface area contributed by atoms with Gasteiger partial charge in [0.05, 0.1) is 6.26 Å². The minimum atomic E-state index is -3.67. The van der Waals surface area contributed by atoms with E-state index in [4.69, 9.17) is 24.7 Å². The minimum absolute atomic E-state index is 0.250. The lowest BCUT2D eigenvalue weighted by molar-refractivity contribution is -0.122. The quantitative estimate of drug-likeness (QED) is 0.273. The van der Waals surface area contributed by atoms with E-state index in [1.807, 2.05) is 0 Å². The van der Waals surface area contributed by atoms with Gasteiger partial charge in [-0.25, -0.2) is 0 Å². The van der Waals surface area contributed by atoms with Crippen LogP contribution in [-0.2, 0) is 14.9 Å². The Kier molecular flexibility index (Phi) is 10.9. The lowest BCUT2D eigenvalue weighted by atomic mass is 10.1. The molecule has 0 bridgehead atoms. The van der Waals surface area contributed by atoms with Gasteiger partial charge in [0.2, 0.25) is 0 Å². The topological polar surface area (TPSA) is 132 Å². The fourth-order valence-electron chi connectivity index (χ4n) is 0.306. The van der Waals surface area contributed by atoms with Gasteiger partial charge >= 0.3 is 0 Å². The van der Waals surface area contributed by atoms with E-state index in [0.29, 0.717) is 6.26 Å². The van der Waals surface area contributed by atoms with Gasteiger partial charge in [-0.2, -0.15) is 8.42 Å². The molecule has 0 fully saturated rings. The Balaban J connectivity index is -0.000000235. The summed E-state index contributed by atoms with van der Waals surface area (Å²) in [5.41, 5.74) is -2.03. The Morgan fingerprint density at radius 3 is 1.17 bits per heavy atom. The molecule has 0 aromatic carbocycles. The highest BCUT2D eigenvalue weighted by Gasteiger charge is 2.10. The highest BCUT2D eigenvalue weighted by atomic mass is 32.2. The predicted molar refractivity (Wildman–Crippen MR) is 66.5 cm³/mol. The largest absolute Gasteiger partial charge is 0.483 e. The molecule has 0 amide bonds. The molecule has 0 heterocycles. The summed E-state index contributed by atoms with van der Waals surface area (Å²) in [6.45, 7) is 6.05. The average Bonchev–Trinajstić information content (AvgIpc) is 1.96. The van der Waals surface area contributed by atoms with Crippen molar-refractivity contribution in [1.82, 2.24) is 0 Å². The van der Waals surface area contributed by atoms with Crippen molar-refractivity contribution in [2.24, 2.45) is 0 Å². The van der Waals surface area contributed by atoms with Crippen molar-refractivity contribution in [3.63, 3.8) is 0 Å². The van der Waals surface area contributed by atoms with Gasteiger partial charge in [0, 0.05) is 0 Å². The van der Waals surface area contributed by atoms with E-state index in [9.17, 15) is 8.42 Å². The molecule has 8 heteroatoms. The van der Waals surface area contributed by atoms with Crippen LogP contribution >= 0.6 is 0 Å². The van der Waals surface area contributed by atoms with Crippen LogP contribution in [0.5, 0.6) is 0 Å². The molecule has 0 saturated carbocycles. The molecule has 0 radical (unpaired) electrons. The third-order valence-corrected chi connectivity index (χ3v) is 0.674. The molecular weight excluding hydrogens is 264 g/mol. The minimum Gasteiger partial charge on any atom is -0.483 e. The number of hydrogen-bond acceptors (Lipinski definition) is 5. The van der Waals surface area contributed by atoms with Crippen LogP contribution in [0.4, 0.5) is 0 Å². The summed E-state index contributed by atoms with van der Waals surface area (Å²) in [6, 6.07) is 0. The second-order valence-corrected chi connectivity index (χ2v) is 5.67. The number of aliphatic hydroxyl groups is 2. The third-order valence-electron chi connectivity index (χ3n) is 0.674. The molecule has 0 aromatic heterocycles. The Hall–Kier alpha value is -1.14. The van der Waals surface area contributed by atoms with Crippen molar-refractivity contribution in [1.29, 1.82) is 0 Å². The van der Waals surface area contributed by atoms with Crippen molar-refractivity contribution in [3.8, 4) is 11.8 Å². The fraction of sp³-hybridized carbons (Fsp3) is 0.700. The maximum absolute atomic E-state index is 9.19. The monoisotopic (exact) mass is 284 g/mol. The van der Waals surface area contributed by atoms with Gasteiger partial charge in [-0.3, -0.25) is 9.35 Å². The van der Waals surface area contributed by atoms with Crippen LogP contribution in [0, 0.1) is 11.8 Å². The summed E-state index contributed by atoms with van der Waals surface area (Å²) >= 11 is 0. The van der Waals surface area contributed by atoms with Gasteiger partial charge in [-0.15, -0.1) is 0 Å². The van der Waals surface area contributed by atoms with E-state index in [-0.39, 0.29) is 6.47 Å². The Morgan fingerprint density at radius 2 is 1.11 bits per heavy atom. The SMILES string of the molecule is CC(C)(O)C#CC(C)(C)O.CS(=O)(=O)O.O=CO. The van der Waals surface area contributed by atoms with Crippen LogP contribution in [0.15, 0.2) is 0 Å². The fourth-order valence-corrected chi connectivity index (χ4v) is 0.306.